The van der Waals surface area contributed by atoms with Crippen LogP contribution in [-0.4, -0.2) is 17.1 Å². The van der Waals surface area contributed by atoms with E-state index in [1.807, 2.05) is 35.9 Å². The number of nitrogens with zero attached hydrogens (tertiary/aromatic N) is 1. The van der Waals surface area contributed by atoms with E-state index in [4.69, 9.17) is 4.74 Å². The van der Waals surface area contributed by atoms with Gasteiger partial charge in [-0.25, -0.2) is 4.79 Å². The summed E-state index contributed by atoms with van der Waals surface area (Å²) in [6.45, 7) is 19.7. The summed E-state index contributed by atoms with van der Waals surface area (Å²) in [6.07, 6.45) is 16.4. The first-order valence-corrected chi connectivity index (χ1v) is 17.2. The molecule has 1 heterocycles. The van der Waals surface area contributed by atoms with Gasteiger partial charge in [-0.05, 0) is 124 Å². The summed E-state index contributed by atoms with van der Waals surface area (Å²) >= 11 is 0. The molecule has 2 aromatic rings. The number of benzene rings is 1. The molecule has 1 aromatic carbocycles. The van der Waals surface area contributed by atoms with Gasteiger partial charge in [-0.2, -0.15) is 0 Å². The highest BCUT2D eigenvalue weighted by Gasteiger charge is 2.63. The van der Waals surface area contributed by atoms with Crippen LogP contribution in [0.25, 0.3) is 10.9 Å². The van der Waals surface area contributed by atoms with Crippen molar-refractivity contribution in [2.24, 2.45) is 39.4 Å². The number of carbonyl (C=O) groups excluding carboxylic acids is 1. The van der Waals surface area contributed by atoms with Crippen molar-refractivity contribution < 1.29 is 9.53 Å². The van der Waals surface area contributed by atoms with Crippen LogP contribution in [0, 0.1) is 39.4 Å². The molecule has 43 heavy (non-hydrogen) atoms. The third-order valence-corrected chi connectivity index (χ3v) is 13.7. The molecule has 1 aromatic heterocycles. The molecule has 6 rings (SSSR count). The first kappa shape index (κ1) is 30.6. The third-order valence-electron chi connectivity index (χ3n) is 13.7. The van der Waals surface area contributed by atoms with Gasteiger partial charge < -0.3 is 4.74 Å². The van der Waals surface area contributed by atoms with Crippen molar-refractivity contribution in [2.75, 3.05) is 0 Å². The lowest BCUT2D eigenvalue weighted by Crippen LogP contribution is -2.55. The van der Waals surface area contributed by atoms with Crippen molar-refractivity contribution in [3.63, 3.8) is 0 Å². The molecule has 7 unspecified atom stereocenters. The Labute approximate surface area is 261 Å². The zero-order valence-corrected chi connectivity index (χ0v) is 28.2. The monoisotopic (exact) mass is 581 g/mol. The zero-order chi connectivity index (χ0) is 30.8. The molecule has 7 atom stereocenters. The average molecular weight is 582 g/mol. The van der Waals surface area contributed by atoms with Gasteiger partial charge in [0.2, 0.25) is 0 Å². The molecule has 2 fully saturated rings. The Balaban J connectivity index is 1.22. The SMILES string of the molecule is CC(C)=CCCC(C)C1CCC2(C)C3=C(CCC12C)C1(C)CCC(OC(=O)c2cnc4ccccc4c2)C(C)(C)C1CC3. The van der Waals surface area contributed by atoms with E-state index in [1.165, 1.54) is 56.9 Å². The van der Waals surface area contributed by atoms with Gasteiger partial charge in [0.1, 0.15) is 6.10 Å². The number of allylic oxidation sites excluding steroid dienone is 4. The maximum atomic E-state index is 13.4. The van der Waals surface area contributed by atoms with Crippen molar-refractivity contribution in [3.05, 3.63) is 64.9 Å². The Hall–Kier alpha value is -2.42. The number of aromatic nitrogens is 1. The van der Waals surface area contributed by atoms with E-state index in [1.54, 1.807) is 11.8 Å². The minimum absolute atomic E-state index is 0.0753. The minimum atomic E-state index is -0.229. The maximum Gasteiger partial charge on any atom is 0.340 e. The third kappa shape index (κ3) is 4.83. The van der Waals surface area contributed by atoms with E-state index < -0.39 is 0 Å². The molecule has 232 valence electrons. The number of para-hydroxylation sites is 1. The second kappa shape index (κ2) is 10.9. The second-order valence-electron chi connectivity index (χ2n) is 16.4. The largest absolute Gasteiger partial charge is 0.458 e. The van der Waals surface area contributed by atoms with Gasteiger partial charge in [0.25, 0.3) is 0 Å². The van der Waals surface area contributed by atoms with Crippen LogP contribution in [0.15, 0.2) is 59.3 Å². The van der Waals surface area contributed by atoms with Crippen LogP contribution in [0.3, 0.4) is 0 Å². The van der Waals surface area contributed by atoms with Crippen LogP contribution in [-0.2, 0) is 4.74 Å². The first-order valence-electron chi connectivity index (χ1n) is 17.2. The Morgan fingerprint density at radius 2 is 1.77 bits per heavy atom. The highest BCUT2D eigenvalue weighted by atomic mass is 16.5. The fourth-order valence-electron chi connectivity index (χ4n) is 11.0. The number of pyridine rings is 1. The molecule has 0 aliphatic heterocycles. The highest BCUT2D eigenvalue weighted by Crippen LogP contribution is 2.72. The predicted molar refractivity (Wildman–Crippen MR) is 178 cm³/mol. The topological polar surface area (TPSA) is 39.2 Å². The summed E-state index contributed by atoms with van der Waals surface area (Å²) in [4.78, 5) is 17.9. The van der Waals surface area contributed by atoms with Crippen LogP contribution in [0.4, 0.5) is 0 Å². The summed E-state index contributed by atoms with van der Waals surface area (Å²) in [5.74, 6) is 1.89. The number of hydrogen-bond donors (Lipinski definition) is 0. The van der Waals surface area contributed by atoms with Crippen molar-refractivity contribution in [3.8, 4) is 0 Å². The normalized spacial score (nSPS) is 35.5. The Bertz CT molecular complexity index is 1460. The predicted octanol–water partition coefficient (Wildman–Crippen LogP) is 10.9. The van der Waals surface area contributed by atoms with Gasteiger partial charge in [-0.3, -0.25) is 4.98 Å². The number of esters is 1. The number of ether oxygens (including phenoxy) is 1. The molecule has 0 bridgehead atoms. The lowest BCUT2D eigenvalue weighted by Gasteiger charge is -2.62. The van der Waals surface area contributed by atoms with Crippen molar-refractivity contribution >= 4 is 16.9 Å². The molecule has 0 radical (unpaired) electrons. The number of carbonyl (C=O) groups is 1. The molecule has 0 N–H and O–H groups in total. The second-order valence-corrected chi connectivity index (χ2v) is 16.4. The standard InChI is InChI=1S/C40H55NO2/c1-26(2)12-11-13-27(3)30-18-22-40(8)32-16-17-34-37(4,5)35(20-21-38(34,6)31(32)19-23-39(30,40)7)43-36(42)29-24-28-14-9-10-15-33(28)41-25-29/h9-10,12,14-15,24-25,27,30,34-35H,11,13,16-23H2,1-8H3. The Morgan fingerprint density at radius 3 is 2.53 bits per heavy atom. The molecular formula is C40H55NO2. The Morgan fingerprint density at radius 1 is 1.00 bits per heavy atom. The fourth-order valence-corrected chi connectivity index (χ4v) is 11.0. The highest BCUT2D eigenvalue weighted by molar-refractivity contribution is 5.93. The molecule has 2 saturated carbocycles. The molecule has 3 heteroatoms. The van der Waals surface area contributed by atoms with Crippen molar-refractivity contribution in [1.29, 1.82) is 0 Å². The molecule has 4 aliphatic rings. The fraction of sp³-hybridized carbons (Fsp3) is 0.650. The summed E-state index contributed by atoms with van der Waals surface area (Å²) < 4.78 is 6.37. The summed E-state index contributed by atoms with van der Waals surface area (Å²) in [5.41, 5.74) is 7.39. The molecular weight excluding hydrogens is 526 g/mol. The van der Waals surface area contributed by atoms with Crippen LogP contribution in [0.5, 0.6) is 0 Å². The molecule has 0 amide bonds. The molecule has 4 aliphatic carbocycles. The van der Waals surface area contributed by atoms with E-state index in [2.05, 4.69) is 66.4 Å². The lowest BCUT2D eigenvalue weighted by molar-refractivity contribution is -0.104. The van der Waals surface area contributed by atoms with Crippen LogP contribution in [0.1, 0.15) is 130 Å². The van der Waals surface area contributed by atoms with E-state index in [-0.39, 0.29) is 22.9 Å². The molecule has 0 spiro atoms. The lowest BCUT2D eigenvalue weighted by atomic mass is 9.43. The van der Waals surface area contributed by atoms with Crippen molar-refractivity contribution in [2.45, 2.75) is 126 Å². The van der Waals surface area contributed by atoms with Gasteiger partial charge in [-0.15, -0.1) is 0 Å². The number of hydrogen-bond acceptors (Lipinski definition) is 3. The summed E-state index contributed by atoms with van der Waals surface area (Å²) in [6, 6.07) is 9.89. The van der Waals surface area contributed by atoms with Gasteiger partial charge in [-0.1, -0.05) is 82.5 Å². The van der Waals surface area contributed by atoms with E-state index in [0.29, 0.717) is 22.3 Å². The van der Waals surface area contributed by atoms with E-state index in [0.717, 1.165) is 35.6 Å². The maximum absolute atomic E-state index is 13.4. The van der Waals surface area contributed by atoms with Crippen LogP contribution in [0.2, 0.25) is 0 Å². The van der Waals surface area contributed by atoms with Gasteiger partial charge in [0.05, 0.1) is 11.1 Å². The van der Waals surface area contributed by atoms with Gasteiger partial charge in [0, 0.05) is 17.0 Å². The summed E-state index contributed by atoms with van der Waals surface area (Å²) in [7, 11) is 0. The quantitative estimate of drug-likeness (QED) is 0.252. The van der Waals surface area contributed by atoms with Crippen LogP contribution < -0.4 is 0 Å². The molecule has 0 saturated heterocycles. The van der Waals surface area contributed by atoms with Gasteiger partial charge >= 0.3 is 5.97 Å². The minimum Gasteiger partial charge on any atom is -0.458 e. The zero-order valence-electron chi connectivity index (χ0n) is 28.2. The number of fused-ring (bicyclic) bond motifs is 5. The van der Waals surface area contributed by atoms with Crippen LogP contribution >= 0.6 is 0 Å². The Kier molecular flexibility index (Phi) is 7.74. The van der Waals surface area contributed by atoms with E-state index in [9.17, 15) is 4.79 Å². The van der Waals surface area contributed by atoms with Gasteiger partial charge in [0.15, 0.2) is 0 Å². The average Bonchev–Trinajstić information content (AvgIpc) is 3.25. The first-order chi connectivity index (χ1) is 20.3. The molecule has 3 nitrogen and oxygen atoms in total. The van der Waals surface area contributed by atoms with Crippen molar-refractivity contribution in [1.82, 2.24) is 4.98 Å². The smallest absolute Gasteiger partial charge is 0.340 e. The summed E-state index contributed by atoms with van der Waals surface area (Å²) in [5, 5.41) is 0.980. The number of rotatable bonds is 6. The van der Waals surface area contributed by atoms with E-state index >= 15 is 0 Å².